The first-order valence-electron chi connectivity index (χ1n) is 2.87. The Labute approximate surface area is 68.6 Å². The molecule has 0 aliphatic rings. The van der Waals surface area contributed by atoms with E-state index < -0.39 is 0 Å². The SMILES string of the molecule is C=CCc1ccsc1SO. The molecule has 0 fully saturated rings. The van der Waals surface area contributed by atoms with Crippen molar-refractivity contribution in [3.8, 4) is 0 Å². The normalized spacial score (nSPS) is 9.70. The van der Waals surface area contributed by atoms with Crippen molar-refractivity contribution in [2.45, 2.75) is 10.6 Å². The van der Waals surface area contributed by atoms with E-state index in [0.717, 1.165) is 28.2 Å². The van der Waals surface area contributed by atoms with Crippen molar-refractivity contribution >= 4 is 23.4 Å². The van der Waals surface area contributed by atoms with Crippen LogP contribution < -0.4 is 0 Å². The Morgan fingerprint density at radius 3 is 3.20 bits per heavy atom. The Kier molecular flexibility index (Phi) is 2.99. The lowest BCUT2D eigenvalue weighted by Gasteiger charge is -1.92. The van der Waals surface area contributed by atoms with Gasteiger partial charge in [0.1, 0.15) is 0 Å². The zero-order valence-corrected chi connectivity index (χ0v) is 7.04. The van der Waals surface area contributed by atoms with E-state index >= 15 is 0 Å². The summed E-state index contributed by atoms with van der Waals surface area (Å²) < 4.78 is 9.70. The van der Waals surface area contributed by atoms with E-state index in [0.29, 0.717) is 0 Å². The van der Waals surface area contributed by atoms with E-state index in [9.17, 15) is 0 Å². The van der Waals surface area contributed by atoms with Crippen molar-refractivity contribution < 1.29 is 4.55 Å². The van der Waals surface area contributed by atoms with Crippen LogP contribution in [0.5, 0.6) is 0 Å². The second kappa shape index (κ2) is 3.81. The molecule has 0 aliphatic heterocycles. The van der Waals surface area contributed by atoms with Gasteiger partial charge in [0.2, 0.25) is 0 Å². The zero-order valence-electron chi connectivity index (χ0n) is 5.41. The van der Waals surface area contributed by atoms with Gasteiger partial charge in [0.05, 0.1) is 4.21 Å². The minimum absolute atomic E-state index is 0.813. The molecule has 1 rings (SSSR count). The van der Waals surface area contributed by atoms with Crippen molar-refractivity contribution in [1.82, 2.24) is 0 Å². The van der Waals surface area contributed by atoms with E-state index in [1.165, 1.54) is 0 Å². The van der Waals surface area contributed by atoms with Gasteiger partial charge in [0.25, 0.3) is 0 Å². The van der Waals surface area contributed by atoms with Crippen LogP contribution in [0.1, 0.15) is 5.56 Å². The monoisotopic (exact) mass is 172 g/mol. The molecule has 0 saturated carbocycles. The molecule has 54 valence electrons. The van der Waals surface area contributed by atoms with Gasteiger partial charge in [0, 0.05) is 12.0 Å². The minimum atomic E-state index is 0.813. The molecule has 1 aromatic heterocycles. The molecule has 0 bridgehead atoms. The molecule has 0 unspecified atom stereocenters. The molecule has 1 heterocycles. The number of hydrogen-bond acceptors (Lipinski definition) is 3. The van der Waals surface area contributed by atoms with Crippen molar-refractivity contribution in [3.05, 3.63) is 29.7 Å². The van der Waals surface area contributed by atoms with Crippen LogP contribution in [0.15, 0.2) is 28.3 Å². The van der Waals surface area contributed by atoms with Crippen LogP contribution in [0.3, 0.4) is 0 Å². The standard InChI is InChI=1S/C7H8OS2/c1-2-3-6-4-5-9-7(6)10-8/h2,4-5,8H,1,3H2. The summed E-state index contributed by atoms with van der Waals surface area (Å²) in [7, 11) is 0. The summed E-state index contributed by atoms with van der Waals surface area (Å²) in [5.74, 6) is 0. The van der Waals surface area contributed by atoms with Crippen molar-refractivity contribution in [3.63, 3.8) is 0 Å². The van der Waals surface area contributed by atoms with Crippen LogP contribution in [0.2, 0.25) is 0 Å². The third kappa shape index (κ3) is 1.62. The fourth-order valence-electron chi connectivity index (χ4n) is 0.709. The average molecular weight is 172 g/mol. The summed E-state index contributed by atoms with van der Waals surface area (Å²) in [5.41, 5.74) is 1.16. The second-order valence-corrected chi connectivity index (χ2v) is 3.58. The van der Waals surface area contributed by atoms with Crippen LogP contribution >= 0.6 is 23.4 Å². The van der Waals surface area contributed by atoms with Crippen LogP contribution in [-0.2, 0) is 6.42 Å². The summed E-state index contributed by atoms with van der Waals surface area (Å²) >= 11 is 2.37. The van der Waals surface area contributed by atoms with Gasteiger partial charge in [0.15, 0.2) is 0 Å². The number of allylic oxidation sites excluding steroid dienone is 1. The molecule has 0 spiro atoms. The molecular formula is C7H8OS2. The first kappa shape index (κ1) is 7.85. The van der Waals surface area contributed by atoms with Crippen LogP contribution in [-0.4, -0.2) is 4.55 Å². The maximum atomic E-state index is 8.73. The largest absolute Gasteiger partial charge is 0.325 e. The Morgan fingerprint density at radius 2 is 2.60 bits per heavy atom. The lowest BCUT2D eigenvalue weighted by atomic mass is 10.2. The number of rotatable bonds is 3. The summed E-state index contributed by atoms with van der Waals surface area (Å²) in [6, 6.07) is 2.00. The molecule has 0 saturated heterocycles. The fourth-order valence-corrected chi connectivity index (χ4v) is 1.97. The highest BCUT2D eigenvalue weighted by Gasteiger charge is 2.00. The van der Waals surface area contributed by atoms with E-state index in [-0.39, 0.29) is 0 Å². The van der Waals surface area contributed by atoms with Crippen molar-refractivity contribution in [2.24, 2.45) is 0 Å². The van der Waals surface area contributed by atoms with Gasteiger partial charge in [-0.1, -0.05) is 6.08 Å². The van der Waals surface area contributed by atoms with Crippen molar-refractivity contribution in [2.75, 3.05) is 0 Å². The fraction of sp³-hybridized carbons (Fsp3) is 0.143. The lowest BCUT2D eigenvalue weighted by molar-refractivity contribution is 0.665. The van der Waals surface area contributed by atoms with E-state index in [1.807, 2.05) is 17.5 Å². The van der Waals surface area contributed by atoms with Gasteiger partial charge < -0.3 is 4.55 Å². The third-order valence-corrected chi connectivity index (χ3v) is 2.84. The summed E-state index contributed by atoms with van der Waals surface area (Å²) in [6.45, 7) is 3.62. The van der Waals surface area contributed by atoms with Crippen LogP contribution in [0.25, 0.3) is 0 Å². The molecule has 10 heavy (non-hydrogen) atoms. The summed E-state index contributed by atoms with van der Waals surface area (Å²) in [5, 5.41) is 1.97. The maximum Gasteiger partial charge on any atom is 0.0908 e. The smallest absolute Gasteiger partial charge is 0.0908 e. The molecular weight excluding hydrogens is 164 g/mol. The maximum absolute atomic E-state index is 8.73. The summed E-state index contributed by atoms with van der Waals surface area (Å²) in [4.78, 5) is 0. The molecule has 3 heteroatoms. The molecule has 1 N–H and O–H groups in total. The van der Waals surface area contributed by atoms with Crippen LogP contribution in [0, 0.1) is 0 Å². The molecule has 0 amide bonds. The van der Waals surface area contributed by atoms with Crippen LogP contribution in [0.4, 0.5) is 0 Å². The number of hydrogen-bond donors (Lipinski definition) is 1. The van der Waals surface area contributed by atoms with Gasteiger partial charge in [-0.3, -0.25) is 0 Å². The van der Waals surface area contributed by atoms with Gasteiger partial charge in [-0.15, -0.1) is 17.9 Å². The molecule has 0 aromatic carbocycles. The van der Waals surface area contributed by atoms with Gasteiger partial charge >= 0.3 is 0 Å². The highest BCUT2D eigenvalue weighted by atomic mass is 32.2. The topological polar surface area (TPSA) is 20.2 Å². The molecule has 0 aliphatic carbocycles. The lowest BCUT2D eigenvalue weighted by Crippen LogP contribution is -1.75. The summed E-state index contributed by atoms with van der Waals surface area (Å²) in [6.07, 6.45) is 2.67. The Hall–Kier alpha value is -0.250. The van der Waals surface area contributed by atoms with E-state index in [2.05, 4.69) is 6.58 Å². The first-order chi connectivity index (χ1) is 4.88. The minimum Gasteiger partial charge on any atom is -0.325 e. The average Bonchev–Trinajstić information content (AvgIpc) is 2.36. The predicted octanol–water partition coefficient (Wildman–Crippen LogP) is 3.04. The van der Waals surface area contributed by atoms with E-state index in [4.69, 9.17) is 4.55 Å². The van der Waals surface area contributed by atoms with Gasteiger partial charge in [-0.25, -0.2) is 0 Å². The molecule has 1 aromatic rings. The van der Waals surface area contributed by atoms with E-state index in [1.54, 1.807) is 11.3 Å². The highest BCUT2D eigenvalue weighted by Crippen LogP contribution is 2.26. The second-order valence-electron chi connectivity index (χ2n) is 1.82. The third-order valence-electron chi connectivity index (χ3n) is 1.15. The predicted molar refractivity (Wildman–Crippen MR) is 46.7 cm³/mol. The van der Waals surface area contributed by atoms with Gasteiger partial charge in [-0.2, -0.15) is 0 Å². The molecule has 0 radical (unpaired) electrons. The van der Waals surface area contributed by atoms with Gasteiger partial charge in [-0.05, 0) is 23.4 Å². The Morgan fingerprint density at radius 1 is 1.80 bits per heavy atom. The molecule has 1 nitrogen and oxygen atoms in total. The molecule has 0 atom stereocenters. The quantitative estimate of drug-likeness (QED) is 0.558. The highest BCUT2D eigenvalue weighted by molar-refractivity contribution is 7.95. The Bertz CT molecular complexity index is 217. The first-order valence-corrected chi connectivity index (χ1v) is 4.52. The Balaban J connectivity index is 2.79. The van der Waals surface area contributed by atoms with Crippen molar-refractivity contribution in [1.29, 1.82) is 0 Å². The number of thiophene rings is 1. The zero-order chi connectivity index (χ0) is 7.40.